The second-order valence-electron chi connectivity index (χ2n) is 6.12. The van der Waals surface area contributed by atoms with Crippen molar-refractivity contribution in [3.8, 4) is 11.5 Å². The van der Waals surface area contributed by atoms with E-state index in [0.717, 1.165) is 24.0 Å². The van der Waals surface area contributed by atoms with Crippen molar-refractivity contribution in [3.05, 3.63) is 23.8 Å². The van der Waals surface area contributed by atoms with Crippen LogP contribution in [0.25, 0.3) is 0 Å². The summed E-state index contributed by atoms with van der Waals surface area (Å²) in [5, 5.41) is 3.68. The third-order valence-corrected chi connectivity index (χ3v) is 4.79. The van der Waals surface area contributed by atoms with Gasteiger partial charge in [0.05, 0.1) is 0 Å². The summed E-state index contributed by atoms with van der Waals surface area (Å²) in [4.78, 5) is 2.56. The fraction of sp³-hybridized carbons (Fsp3) is 0.647. The van der Waals surface area contributed by atoms with E-state index in [1.807, 2.05) is 12.1 Å². The minimum atomic E-state index is 0.343. The number of piperidine rings is 1. The maximum atomic E-state index is 5.57. The van der Waals surface area contributed by atoms with E-state index in [0.29, 0.717) is 12.8 Å². The highest BCUT2D eigenvalue weighted by Crippen LogP contribution is 2.35. The zero-order chi connectivity index (χ0) is 14.7. The van der Waals surface area contributed by atoms with Crippen LogP contribution < -0.4 is 14.8 Å². The Bertz CT molecular complexity index is 478. The SMILES string of the molecule is CCN1CCCC(C(C)NCc2cccc3c2OCO3)C1. The van der Waals surface area contributed by atoms with Crippen LogP contribution in [0.2, 0.25) is 0 Å². The van der Waals surface area contributed by atoms with Crippen LogP contribution in [0.5, 0.6) is 11.5 Å². The molecule has 0 amide bonds. The van der Waals surface area contributed by atoms with E-state index in [4.69, 9.17) is 9.47 Å². The molecule has 2 heterocycles. The Morgan fingerprint density at radius 2 is 2.29 bits per heavy atom. The first-order valence-electron chi connectivity index (χ1n) is 8.11. The summed E-state index contributed by atoms with van der Waals surface area (Å²) in [6, 6.07) is 6.65. The molecule has 0 aromatic heterocycles. The molecule has 2 aliphatic heterocycles. The molecule has 1 fully saturated rings. The molecule has 4 heteroatoms. The summed E-state index contributed by atoms with van der Waals surface area (Å²) >= 11 is 0. The van der Waals surface area contributed by atoms with E-state index in [1.165, 1.54) is 38.0 Å². The third-order valence-electron chi connectivity index (χ3n) is 4.79. The molecule has 1 aromatic rings. The highest BCUT2D eigenvalue weighted by molar-refractivity contribution is 5.48. The van der Waals surface area contributed by atoms with Crippen LogP contribution in [0.1, 0.15) is 32.3 Å². The maximum absolute atomic E-state index is 5.57. The van der Waals surface area contributed by atoms with Crippen molar-refractivity contribution in [2.45, 2.75) is 39.3 Å². The van der Waals surface area contributed by atoms with Gasteiger partial charge in [0.25, 0.3) is 0 Å². The van der Waals surface area contributed by atoms with Crippen molar-refractivity contribution in [2.24, 2.45) is 5.92 Å². The quantitative estimate of drug-likeness (QED) is 0.904. The number of ether oxygens (including phenoxy) is 2. The monoisotopic (exact) mass is 290 g/mol. The first-order chi connectivity index (χ1) is 10.3. The largest absolute Gasteiger partial charge is 0.454 e. The molecular weight excluding hydrogens is 264 g/mol. The van der Waals surface area contributed by atoms with Crippen LogP contribution >= 0.6 is 0 Å². The number of rotatable bonds is 5. The fourth-order valence-corrected chi connectivity index (χ4v) is 3.35. The first kappa shape index (κ1) is 14.7. The van der Waals surface area contributed by atoms with Crippen molar-refractivity contribution in [3.63, 3.8) is 0 Å². The normalized spacial score (nSPS) is 23.2. The minimum Gasteiger partial charge on any atom is -0.454 e. The topological polar surface area (TPSA) is 33.7 Å². The van der Waals surface area contributed by atoms with Crippen LogP contribution in [0.15, 0.2) is 18.2 Å². The molecule has 0 aliphatic carbocycles. The Balaban J connectivity index is 1.56. The molecule has 1 aromatic carbocycles. The van der Waals surface area contributed by atoms with Gasteiger partial charge in [-0.3, -0.25) is 0 Å². The lowest BCUT2D eigenvalue weighted by atomic mass is 9.91. The molecule has 2 atom stereocenters. The summed E-state index contributed by atoms with van der Waals surface area (Å²) in [7, 11) is 0. The molecular formula is C17H26N2O2. The predicted octanol–water partition coefficient (Wildman–Crippen LogP) is 2.63. The zero-order valence-corrected chi connectivity index (χ0v) is 13.1. The number of hydrogen-bond acceptors (Lipinski definition) is 4. The zero-order valence-electron chi connectivity index (χ0n) is 13.1. The second-order valence-corrected chi connectivity index (χ2v) is 6.12. The third kappa shape index (κ3) is 3.33. The standard InChI is InChI=1S/C17H26N2O2/c1-3-19-9-5-7-15(11-19)13(2)18-10-14-6-4-8-16-17(14)21-12-20-16/h4,6,8,13,15,18H,3,5,7,9-12H2,1-2H3. The molecule has 0 spiro atoms. The number of hydrogen-bond donors (Lipinski definition) is 1. The predicted molar refractivity (Wildman–Crippen MR) is 83.7 cm³/mol. The van der Waals surface area contributed by atoms with E-state index < -0.39 is 0 Å². The molecule has 1 saturated heterocycles. The summed E-state index contributed by atoms with van der Waals surface area (Å²) in [5.74, 6) is 2.53. The number of para-hydroxylation sites is 1. The van der Waals surface area contributed by atoms with Crippen molar-refractivity contribution in [2.75, 3.05) is 26.4 Å². The number of nitrogens with zero attached hydrogens (tertiary/aromatic N) is 1. The van der Waals surface area contributed by atoms with Crippen LogP contribution in [0.4, 0.5) is 0 Å². The van der Waals surface area contributed by atoms with Crippen molar-refractivity contribution < 1.29 is 9.47 Å². The molecule has 116 valence electrons. The van der Waals surface area contributed by atoms with Gasteiger partial charge in [-0.25, -0.2) is 0 Å². The molecule has 4 nitrogen and oxygen atoms in total. The van der Waals surface area contributed by atoms with Gasteiger partial charge in [0, 0.05) is 24.7 Å². The highest BCUT2D eigenvalue weighted by atomic mass is 16.7. The number of likely N-dealkylation sites (tertiary alicyclic amines) is 1. The lowest BCUT2D eigenvalue weighted by Crippen LogP contribution is -2.44. The molecule has 1 N–H and O–H groups in total. The van der Waals surface area contributed by atoms with E-state index in [1.54, 1.807) is 0 Å². The van der Waals surface area contributed by atoms with Gasteiger partial charge in [-0.1, -0.05) is 19.1 Å². The van der Waals surface area contributed by atoms with Crippen molar-refractivity contribution in [1.82, 2.24) is 10.2 Å². The smallest absolute Gasteiger partial charge is 0.231 e. The molecule has 0 saturated carbocycles. The Labute approximate surface area is 127 Å². The number of benzene rings is 1. The summed E-state index contributed by atoms with van der Waals surface area (Å²) in [5.41, 5.74) is 1.19. The van der Waals surface area contributed by atoms with Crippen LogP contribution in [0, 0.1) is 5.92 Å². The minimum absolute atomic E-state index is 0.343. The summed E-state index contributed by atoms with van der Waals surface area (Å²) in [6.07, 6.45) is 2.65. The van der Waals surface area contributed by atoms with Crippen molar-refractivity contribution in [1.29, 1.82) is 0 Å². The Morgan fingerprint density at radius 3 is 3.14 bits per heavy atom. The second kappa shape index (κ2) is 6.67. The van der Waals surface area contributed by atoms with E-state index >= 15 is 0 Å². The highest BCUT2D eigenvalue weighted by Gasteiger charge is 2.24. The molecule has 2 unspecified atom stereocenters. The van der Waals surface area contributed by atoms with Gasteiger partial charge < -0.3 is 19.7 Å². The van der Waals surface area contributed by atoms with Gasteiger partial charge in [-0.2, -0.15) is 0 Å². The van der Waals surface area contributed by atoms with E-state index in [9.17, 15) is 0 Å². The van der Waals surface area contributed by atoms with Gasteiger partial charge in [-0.05, 0) is 44.8 Å². The average molecular weight is 290 g/mol. The lowest BCUT2D eigenvalue weighted by molar-refractivity contribution is 0.156. The summed E-state index contributed by atoms with van der Waals surface area (Å²) < 4.78 is 11.0. The van der Waals surface area contributed by atoms with Crippen molar-refractivity contribution >= 4 is 0 Å². The average Bonchev–Trinajstić information content (AvgIpc) is 3.01. The van der Waals surface area contributed by atoms with Crippen LogP contribution in [-0.4, -0.2) is 37.4 Å². The van der Waals surface area contributed by atoms with Gasteiger partial charge in [0.1, 0.15) is 0 Å². The lowest BCUT2D eigenvalue weighted by Gasteiger charge is -2.35. The molecule has 3 rings (SSSR count). The Hall–Kier alpha value is -1.26. The van der Waals surface area contributed by atoms with Gasteiger partial charge >= 0.3 is 0 Å². The van der Waals surface area contributed by atoms with Crippen LogP contribution in [0.3, 0.4) is 0 Å². The Kier molecular flexibility index (Phi) is 4.66. The molecule has 0 bridgehead atoms. The van der Waals surface area contributed by atoms with E-state index in [-0.39, 0.29) is 0 Å². The fourth-order valence-electron chi connectivity index (χ4n) is 3.35. The van der Waals surface area contributed by atoms with E-state index in [2.05, 4.69) is 30.1 Å². The maximum Gasteiger partial charge on any atom is 0.231 e. The van der Waals surface area contributed by atoms with Gasteiger partial charge in [-0.15, -0.1) is 0 Å². The van der Waals surface area contributed by atoms with Crippen LogP contribution in [-0.2, 0) is 6.54 Å². The first-order valence-corrected chi connectivity index (χ1v) is 8.11. The molecule has 2 aliphatic rings. The number of fused-ring (bicyclic) bond motifs is 1. The number of nitrogens with one attached hydrogen (secondary N) is 1. The Morgan fingerprint density at radius 1 is 1.38 bits per heavy atom. The molecule has 21 heavy (non-hydrogen) atoms. The van der Waals surface area contributed by atoms with Gasteiger partial charge in [0.2, 0.25) is 6.79 Å². The van der Waals surface area contributed by atoms with Gasteiger partial charge in [0.15, 0.2) is 11.5 Å². The summed E-state index contributed by atoms with van der Waals surface area (Å²) in [6.45, 7) is 9.40. The molecule has 0 radical (unpaired) electrons.